The van der Waals surface area contributed by atoms with Crippen LogP contribution in [0.5, 0.6) is 0 Å². The lowest BCUT2D eigenvalue weighted by Gasteiger charge is -2.45. The van der Waals surface area contributed by atoms with Gasteiger partial charge in [0.25, 0.3) is 0 Å². The van der Waals surface area contributed by atoms with E-state index < -0.39 is 0 Å². The molecule has 3 aliphatic rings. The first-order chi connectivity index (χ1) is 10.0. The molecule has 3 rings (SSSR count). The van der Waals surface area contributed by atoms with Gasteiger partial charge in [-0.1, -0.05) is 15.9 Å². The molecule has 2 bridgehead atoms. The van der Waals surface area contributed by atoms with Crippen molar-refractivity contribution in [1.29, 1.82) is 5.26 Å². The summed E-state index contributed by atoms with van der Waals surface area (Å²) in [4.78, 5) is 11.3. The molecule has 2 aliphatic heterocycles. The number of hydrogen-bond acceptors (Lipinski definition) is 5. The number of halogens is 1. The fraction of sp³-hybridized carbons (Fsp3) is 0.867. The second kappa shape index (κ2) is 5.86. The van der Waals surface area contributed by atoms with E-state index in [2.05, 4.69) is 22.0 Å². The average molecular weight is 358 g/mol. The number of fused-ring (bicyclic) bond motifs is 1. The molecular weight excluding hydrogens is 338 g/mol. The molecule has 21 heavy (non-hydrogen) atoms. The topological polar surface area (TPSA) is 68.5 Å². The van der Waals surface area contributed by atoms with Gasteiger partial charge in [-0.3, -0.25) is 4.79 Å². The number of carbonyl (C=O) groups excluding carboxylic acids is 1. The summed E-state index contributed by atoms with van der Waals surface area (Å²) in [5, 5.41) is 8.73. The molecule has 1 saturated carbocycles. The zero-order chi connectivity index (χ0) is 15.0. The zero-order valence-electron chi connectivity index (χ0n) is 12.1. The second-order valence-corrected chi connectivity index (χ2v) is 7.42. The van der Waals surface area contributed by atoms with E-state index in [0.29, 0.717) is 6.42 Å². The van der Waals surface area contributed by atoms with E-state index >= 15 is 0 Å². The standard InChI is InChI=1S/C15H20BrNO4/c1-9(18)19-14-11(16)7-15-8-12(14)20-13(15)5-4-10(21-15)3-2-6-17/h10-14H,2-5,7-8H2,1H3/t10-,11-,12+,13?,14+,15-/m0/s1. The van der Waals surface area contributed by atoms with Gasteiger partial charge in [0.1, 0.15) is 6.10 Å². The van der Waals surface area contributed by atoms with Crippen molar-refractivity contribution in [2.24, 2.45) is 0 Å². The molecule has 1 unspecified atom stereocenters. The van der Waals surface area contributed by atoms with Crippen molar-refractivity contribution in [2.75, 3.05) is 0 Å². The Labute approximate surface area is 133 Å². The van der Waals surface area contributed by atoms with Crippen LogP contribution in [0.1, 0.15) is 45.4 Å². The Morgan fingerprint density at radius 1 is 1.48 bits per heavy atom. The van der Waals surface area contributed by atoms with Crippen LogP contribution >= 0.6 is 15.9 Å². The van der Waals surface area contributed by atoms with Crippen LogP contribution in [0.15, 0.2) is 0 Å². The van der Waals surface area contributed by atoms with Crippen molar-refractivity contribution < 1.29 is 19.0 Å². The van der Waals surface area contributed by atoms with Crippen molar-refractivity contribution in [3.63, 3.8) is 0 Å². The van der Waals surface area contributed by atoms with Crippen LogP contribution in [0.4, 0.5) is 0 Å². The zero-order valence-corrected chi connectivity index (χ0v) is 13.7. The molecule has 6 atom stereocenters. The summed E-state index contributed by atoms with van der Waals surface area (Å²) in [5.74, 6) is -0.272. The summed E-state index contributed by atoms with van der Waals surface area (Å²) in [5.41, 5.74) is -0.270. The molecular formula is C15H20BrNO4. The second-order valence-electron chi connectivity index (χ2n) is 6.24. The first-order valence-corrected chi connectivity index (χ1v) is 8.47. The summed E-state index contributed by atoms with van der Waals surface area (Å²) < 4.78 is 17.9. The minimum Gasteiger partial charge on any atom is -0.459 e. The van der Waals surface area contributed by atoms with Crippen LogP contribution in [0.3, 0.4) is 0 Å². The van der Waals surface area contributed by atoms with Gasteiger partial charge in [-0.2, -0.15) is 5.26 Å². The number of alkyl halides is 1. The van der Waals surface area contributed by atoms with Gasteiger partial charge >= 0.3 is 5.97 Å². The number of carbonyl (C=O) groups is 1. The number of rotatable bonds is 3. The van der Waals surface area contributed by atoms with Crippen molar-refractivity contribution in [1.82, 2.24) is 0 Å². The number of nitrogens with zero attached hydrogens (tertiary/aromatic N) is 1. The highest BCUT2D eigenvalue weighted by Crippen LogP contribution is 2.51. The van der Waals surface area contributed by atoms with E-state index in [1.54, 1.807) is 0 Å². The molecule has 1 aliphatic carbocycles. The van der Waals surface area contributed by atoms with Gasteiger partial charge in [-0.05, 0) is 25.7 Å². The molecule has 6 heteroatoms. The van der Waals surface area contributed by atoms with Gasteiger partial charge in [0.15, 0.2) is 0 Å². The summed E-state index contributed by atoms with van der Waals surface area (Å²) in [6.45, 7) is 1.43. The van der Waals surface area contributed by atoms with Crippen molar-refractivity contribution in [2.45, 2.75) is 80.3 Å². The summed E-state index contributed by atoms with van der Waals surface area (Å²) in [7, 11) is 0. The number of nitriles is 1. The molecule has 5 nitrogen and oxygen atoms in total. The lowest BCUT2D eigenvalue weighted by atomic mass is 9.77. The highest BCUT2D eigenvalue weighted by Gasteiger charge is 2.60. The summed E-state index contributed by atoms with van der Waals surface area (Å²) >= 11 is 3.64. The Kier molecular flexibility index (Phi) is 4.26. The molecule has 3 fully saturated rings. The van der Waals surface area contributed by atoms with Crippen molar-refractivity contribution >= 4 is 21.9 Å². The molecule has 116 valence electrons. The smallest absolute Gasteiger partial charge is 0.303 e. The first kappa shape index (κ1) is 15.3. The molecule has 0 amide bonds. The predicted octanol–water partition coefficient (Wildman–Crippen LogP) is 2.46. The molecule has 0 radical (unpaired) electrons. The van der Waals surface area contributed by atoms with Gasteiger partial charge in [-0.25, -0.2) is 0 Å². The maximum absolute atomic E-state index is 11.3. The third-order valence-corrected chi connectivity index (χ3v) is 5.61. The quantitative estimate of drug-likeness (QED) is 0.573. The SMILES string of the molecule is CC(=O)O[C@@H]1[C@@H](Br)C[C@]23C[C@H]1OC2CC[C@H](CCC#N)O3. The lowest BCUT2D eigenvalue weighted by Crippen LogP contribution is -2.53. The van der Waals surface area contributed by atoms with Gasteiger partial charge in [0.2, 0.25) is 0 Å². The molecule has 0 aromatic carbocycles. The predicted molar refractivity (Wildman–Crippen MR) is 77.8 cm³/mol. The van der Waals surface area contributed by atoms with Gasteiger partial charge in [0.05, 0.1) is 34.8 Å². The molecule has 0 aromatic heterocycles. The maximum atomic E-state index is 11.3. The third-order valence-electron chi connectivity index (χ3n) is 4.77. The lowest BCUT2D eigenvalue weighted by molar-refractivity contribution is -0.166. The van der Waals surface area contributed by atoms with E-state index in [-0.39, 0.29) is 40.8 Å². The molecule has 0 aromatic rings. The maximum Gasteiger partial charge on any atom is 0.303 e. The van der Waals surface area contributed by atoms with Crippen LogP contribution in [-0.4, -0.2) is 40.8 Å². The Bertz CT molecular complexity index is 465. The first-order valence-electron chi connectivity index (χ1n) is 7.55. The molecule has 2 saturated heterocycles. The molecule has 1 spiro atoms. The minimum absolute atomic E-state index is 0.0554. The van der Waals surface area contributed by atoms with E-state index in [1.165, 1.54) is 6.92 Å². The Balaban J connectivity index is 1.72. The minimum atomic E-state index is -0.272. The van der Waals surface area contributed by atoms with Crippen LogP contribution in [0.2, 0.25) is 0 Å². The van der Waals surface area contributed by atoms with E-state index in [4.69, 9.17) is 19.5 Å². The third kappa shape index (κ3) is 2.84. The van der Waals surface area contributed by atoms with Gasteiger partial charge in [0, 0.05) is 19.8 Å². The van der Waals surface area contributed by atoms with Crippen LogP contribution in [0, 0.1) is 11.3 Å². The highest BCUT2D eigenvalue weighted by atomic mass is 79.9. The van der Waals surface area contributed by atoms with Gasteiger partial charge in [-0.15, -0.1) is 0 Å². The highest BCUT2D eigenvalue weighted by molar-refractivity contribution is 9.09. The largest absolute Gasteiger partial charge is 0.459 e. The Hall–Kier alpha value is -0.640. The van der Waals surface area contributed by atoms with Gasteiger partial charge < -0.3 is 14.2 Å². The number of ether oxygens (including phenoxy) is 3. The number of esters is 1. The summed E-state index contributed by atoms with van der Waals surface area (Å²) in [6, 6.07) is 2.19. The average Bonchev–Trinajstić information content (AvgIpc) is 2.74. The molecule has 0 N–H and O–H groups in total. The van der Waals surface area contributed by atoms with Crippen LogP contribution < -0.4 is 0 Å². The van der Waals surface area contributed by atoms with E-state index in [9.17, 15) is 4.79 Å². The van der Waals surface area contributed by atoms with Crippen molar-refractivity contribution in [3.05, 3.63) is 0 Å². The summed E-state index contributed by atoms with van der Waals surface area (Å²) in [6.07, 6.45) is 4.68. The monoisotopic (exact) mass is 357 g/mol. The fourth-order valence-corrected chi connectivity index (χ4v) is 4.94. The van der Waals surface area contributed by atoms with Crippen molar-refractivity contribution in [3.8, 4) is 6.07 Å². The Morgan fingerprint density at radius 2 is 2.29 bits per heavy atom. The van der Waals surface area contributed by atoms with Crippen LogP contribution in [-0.2, 0) is 19.0 Å². The van der Waals surface area contributed by atoms with E-state index in [0.717, 1.165) is 32.1 Å². The van der Waals surface area contributed by atoms with Crippen LogP contribution in [0.25, 0.3) is 0 Å². The van der Waals surface area contributed by atoms with E-state index in [1.807, 2.05) is 0 Å². The Morgan fingerprint density at radius 3 is 3.00 bits per heavy atom. The molecule has 2 heterocycles. The fourth-order valence-electron chi connectivity index (χ4n) is 3.94. The normalized spacial score (nSPS) is 44.7. The number of hydrogen-bond donors (Lipinski definition) is 0.